The molecule has 0 atom stereocenters. The lowest BCUT2D eigenvalue weighted by Crippen LogP contribution is -2.21. The lowest BCUT2D eigenvalue weighted by molar-refractivity contribution is -0.114. The first-order valence-electron chi connectivity index (χ1n) is 9.99. The van der Waals surface area contributed by atoms with Gasteiger partial charge in [0.15, 0.2) is 0 Å². The third-order valence-electron chi connectivity index (χ3n) is 5.38. The lowest BCUT2D eigenvalue weighted by Gasteiger charge is -2.10. The minimum absolute atomic E-state index is 0.0985. The van der Waals surface area contributed by atoms with Crippen LogP contribution in [0.4, 0.5) is 5.69 Å². The average molecular weight is 391 g/mol. The van der Waals surface area contributed by atoms with Crippen LogP contribution in [-0.2, 0) is 11.3 Å². The molecular weight excluding hydrogens is 370 g/mol. The highest BCUT2D eigenvalue weighted by molar-refractivity contribution is 6.32. The van der Waals surface area contributed by atoms with Crippen molar-refractivity contribution >= 4 is 34.3 Å². The fourth-order valence-corrected chi connectivity index (χ4v) is 3.89. The molecule has 5 rings (SSSR count). The largest absolute Gasteiger partial charge is 0.342 e. The number of carbonyl (C=O) groups is 1. The van der Waals surface area contributed by atoms with Crippen molar-refractivity contribution in [3.8, 4) is 0 Å². The molecule has 3 aromatic carbocycles. The third-order valence-corrected chi connectivity index (χ3v) is 5.38. The molecule has 2 heterocycles. The van der Waals surface area contributed by atoms with E-state index in [2.05, 4.69) is 52.3 Å². The Bertz CT molecular complexity index is 1280. The van der Waals surface area contributed by atoms with Gasteiger partial charge in [-0.3, -0.25) is 4.79 Å². The van der Waals surface area contributed by atoms with Crippen LogP contribution in [0.25, 0.3) is 17.0 Å². The number of amides is 1. The Hall–Kier alpha value is -3.92. The normalized spacial score (nSPS) is 15.2. The Labute approximate surface area is 175 Å². The number of aromatic nitrogens is 1. The third kappa shape index (κ3) is 3.22. The number of carbonyl (C=O) groups excluding carboxylic acids is 1. The van der Waals surface area contributed by atoms with Gasteiger partial charge < -0.3 is 4.57 Å². The molecule has 1 aliphatic heterocycles. The number of benzene rings is 3. The molecule has 4 aromatic rings. The molecule has 1 amide bonds. The van der Waals surface area contributed by atoms with Crippen LogP contribution in [0.2, 0.25) is 0 Å². The molecule has 146 valence electrons. The van der Waals surface area contributed by atoms with Crippen LogP contribution in [0.1, 0.15) is 18.1 Å². The van der Waals surface area contributed by atoms with E-state index in [1.807, 2.05) is 61.5 Å². The fourth-order valence-electron chi connectivity index (χ4n) is 3.89. The zero-order chi connectivity index (χ0) is 20.5. The van der Waals surface area contributed by atoms with Crippen LogP contribution in [0, 0.1) is 0 Å². The van der Waals surface area contributed by atoms with E-state index < -0.39 is 0 Å². The van der Waals surface area contributed by atoms with Gasteiger partial charge in [-0.15, -0.1) is 0 Å². The molecule has 0 bridgehead atoms. The van der Waals surface area contributed by atoms with E-state index in [1.165, 1.54) is 10.6 Å². The van der Waals surface area contributed by atoms with Crippen LogP contribution in [-0.4, -0.2) is 16.2 Å². The maximum absolute atomic E-state index is 13.1. The Morgan fingerprint density at radius 2 is 1.53 bits per heavy atom. The van der Waals surface area contributed by atoms with E-state index in [0.717, 1.165) is 34.4 Å². The summed E-state index contributed by atoms with van der Waals surface area (Å²) in [5.74, 6) is -0.0985. The van der Waals surface area contributed by atoms with Gasteiger partial charge >= 0.3 is 0 Å². The zero-order valence-electron chi connectivity index (χ0n) is 16.7. The van der Waals surface area contributed by atoms with Gasteiger partial charge in [-0.25, -0.2) is 0 Å². The van der Waals surface area contributed by atoms with Crippen molar-refractivity contribution in [3.05, 3.63) is 108 Å². The summed E-state index contributed by atoms with van der Waals surface area (Å²) >= 11 is 0. The molecule has 0 saturated heterocycles. The van der Waals surface area contributed by atoms with E-state index >= 15 is 0 Å². The number of hydrogen-bond donors (Lipinski definition) is 0. The van der Waals surface area contributed by atoms with E-state index in [0.29, 0.717) is 5.57 Å². The molecule has 1 aromatic heterocycles. The first-order chi connectivity index (χ1) is 14.7. The van der Waals surface area contributed by atoms with Crippen LogP contribution < -0.4 is 5.01 Å². The summed E-state index contributed by atoms with van der Waals surface area (Å²) in [7, 11) is 0. The molecule has 0 radical (unpaired) electrons. The van der Waals surface area contributed by atoms with Crippen LogP contribution in [0.15, 0.2) is 102 Å². The molecule has 0 spiro atoms. The molecule has 1 aliphatic rings. The molecule has 4 nitrogen and oxygen atoms in total. The average Bonchev–Trinajstić information content (AvgIpc) is 3.27. The number of hydrogen-bond acceptors (Lipinski definition) is 2. The highest BCUT2D eigenvalue weighted by Crippen LogP contribution is 2.28. The molecule has 0 fully saturated rings. The summed E-state index contributed by atoms with van der Waals surface area (Å²) in [5.41, 5.74) is 5.53. The second-order valence-electron chi connectivity index (χ2n) is 7.41. The van der Waals surface area contributed by atoms with Crippen molar-refractivity contribution in [1.29, 1.82) is 0 Å². The number of nitrogens with zero attached hydrogens (tertiary/aromatic N) is 3. The number of anilines is 1. The highest BCUT2D eigenvalue weighted by atomic mass is 16.2. The molecule has 0 N–H and O–H groups in total. The SMILES string of the molecule is CC1=NN(c2ccccc2)C(=O)/C1=C/c1cn(Cc2ccccc2)c2ccccc12. The van der Waals surface area contributed by atoms with Crippen LogP contribution >= 0.6 is 0 Å². The minimum Gasteiger partial charge on any atom is -0.342 e. The Morgan fingerprint density at radius 1 is 0.867 bits per heavy atom. The summed E-state index contributed by atoms with van der Waals surface area (Å²) in [4.78, 5) is 13.1. The topological polar surface area (TPSA) is 37.6 Å². The van der Waals surface area contributed by atoms with E-state index in [-0.39, 0.29) is 5.91 Å². The van der Waals surface area contributed by atoms with Gasteiger partial charge in [0, 0.05) is 29.2 Å². The van der Waals surface area contributed by atoms with Gasteiger partial charge in [-0.2, -0.15) is 10.1 Å². The maximum atomic E-state index is 13.1. The van der Waals surface area contributed by atoms with E-state index in [1.54, 1.807) is 0 Å². The predicted octanol–water partition coefficient (Wildman–Crippen LogP) is 5.50. The quantitative estimate of drug-likeness (QED) is 0.424. The summed E-state index contributed by atoms with van der Waals surface area (Å²) in [5, 5.41) is 7.10. The van der Waals surface area contributed by atoms with Gasteiger partial charge in [0.25, 0.3) is 5.91 Å². The minimum atomic E-state index is -0.0985. The number of para-hydroxylation sites is 2. The first kappa shape index (κ1) is 18.1. The Morgan fingerprint density at radius 3 is 2.30 bits per heavy atom. The van der Waals surface area contributed by atoms with Crippen molar-refractivity contribution in [1.82, 2.24) is 4.57 Å². The van der Waals surface area contributed by atoms with Crippen molar-refractivity contribution in [3.63, 3.8) is 0 Å². The van der Waals surface area contributed by atoms with Gasteiger partial charge in [0.05, 0.1) is 17.0 Å². The molecule has 0 saturated carbocycles. The second kappa shape index (κ2) is 7.48. The monoisotopic (exact) mass is 391 g/mol. The number of hydrazone groups is 1. The van der Waals surface area contributed by atoms with Gasteiger partial charge in [0.1, 0.15) is 0 Å². The number of rotatable bonds is 4. The first-order valence-corrected chi connectivity index (χ1v) is 9.99. The summed E-state index contributed by atoms with van der Waals surface area (Å²) in [6.07, 6.45) is 4.09. The summed E-state index contributed by atoms with van der Waals surface area (Å²) in [6, 6.07) is 28.2. The Kier molecular flexibility index (Phi) is 4.52. The van der Waals surface area contributed by atoms with E-state index in [4.69, 9.17) is 0 Å². The zero-order valence-corrected chi connectivity index (χ0v) is 16.7. The highest BCUT2D eigenvalue weighted by Gasteiger charge is 2.28. The van der Waals surface area contributed by atoms with Gasteiger partial charge in [-0.1, -0.05) is 66.7 Å². The van der Waals surface area contributed by atoms with Crippen molar-refractivity contribution in [2.45, 2.75) is 13.5 Å². The molecular formula is C26H21N3O. The van der Waals surface area contributed by atoms with Crippen molar-refractivity contribution in [2.75, 3.05) is 5.01 Å². The number of fused-ring (bicyclic) bond motifs is 1. The lowest BCUT2D eigenvalue weighted by atomic mass is 10.1. The van der Waals surface area contributed by atoms with Crippen molar-refractivity contribution in [2.24, 2.45) is 5.10 Å². The van der Waals surface area contributed by atoms with Crippen LogP contribution in [0.3, 0.4) is 0 Å². The maximum Gasteiger partial charge on any atom is 0.280 e. The summed E-state index contributed by atoms with van der Waals surface area (Å²) < 4.78 is 2.23. The Balaban J connectivity index is 1.55. The molecule has 30 heavy (non-hydrogen) atoms. The smallest absolute Gasteiger partial charge is 0.280 e. The second-order valence-corrected chi connectivity index (χ2v) is 7.41. The summed E-state index contributed by atoms with van der Waals surface area (Å²) in [6.45, 7) is 2.66. The van der Waals surface area contributed by atoms with Crippen molar-refractivity contribution < 1.29 is 4.79 Å². The van der Waals surface area contributed by atoms with Gasteiger partial charge in [0.2, 0.25) is 0 Å². The van der Waals surface area contributed by atoms with E-state index in [9.17, 15) is 4.79 Å². The molecule has 0 unspecified atom stereocenters. The predicted molar refractivity (Wildman–Crippen MR) is 122 cm³/mol. The van der Waals surface area contributed by atoms with Crippen LogP contribution in [0.5, 0.6) is 0 Å². The standard InChI is InChI=1S/C26H21N3O/c1-19-24(26(30)29(27-19)22-12-6-3-7-13-22)16-21-18-28(17-20-10-4-2-5-11-20)25-15-9-8-14-23(21)25/h2-16,18H,17H2,1H3/b24-16+. The van der Waals surface area contributed by atoms with Gasteiger partial charge in [-0.05, 0) is 36.8 Å². The molecule has 4 heteroatoms. The fraction of sp³-hybridized carbons (Fsp3) is 0.0769. The molecule has 0 aliphatic carbocycles.